The maximum Gasteiger partial charge on any atom is 0.253 e. The molecule has 106 valence electrons. The number of benzene rings is 1. The summed E-state index contributed by atoms with van der Waals surface area (Å²) >= 11 is 0. The Morgan fingerprint density at radius 2 is 2.05 bits per heavy atom. The average Bonchev–Trinajstić information content (AvgIpc) is 2.84. The fraction of sp³-hybridized carbons (Fsp3) is 0.438. The van der Waals surface area contributed by atoms with Crippen LogP contribution in [0.25, 0.3) is 10.9 Å². The predicted molar refractivity (Wildman–Crippen MR) is 78.6 cm³/mol. The molecule has 0 saturated heterocycles. The zero-order valence-corrected chi connectivity index (χ0v) is 11.4. The van der Waals surface area contributed by atoms with Gasteiger partial charge in [0, 0.05) is 11.6 Å². The molecule has 1 aromatic heterocycles. The van der Waals surface area contributed by atoms with E-state index in [0.29, 0.717) is 5.56 Å². The first-order chi connectivity index (χ1) is 9.75. The number of carbonyl (C=O) groups is 1. The average molecular weight is 272 g/mol. The number of fused-ring (bicyclic) bond motifs is 1. The fourth-order valence-corrected chi connectivity index (χ4v) is 2.98. The van der Waals surface area contributed by atoms with E-state index in [4.69, 9.17) is 0 Å². The van der Waals surface area contributed by atoms with Crippen molar-refractivity contribution in [3.05, 3.63) is 36.0 Å². The predicted octanol–water partition coefficient (Wildman–Crippen LogP) is 2.59. The third-order valence-corrected chi connectivity index (χ3v) is 4.13. The van der Waals surface area contributed by atoms with Gasteiger partial charge in [-0.15, -0.1) is 0 Å². The van der Waals surface area contributed by atoms with Crippen LogP contribution in [0.1, 0.15) is 42.5 Å². The van der Waals surface area contributed by atoms with Crippen LogP contribution < -0.4 is 5.32 Å². The Labute approximate surface area is 118 Å². The molecule has 0 aliphatic heterocycles. The summed E-state index contributed by atoms with van der Waals surface area (Å²) in [6, 6.07) is 7.50. The van der Waals surface area contributed by atoms with Crippen LogP contribution in [0, 0.1) is 0 Å². The van der Waals surface area contributed by atoms with Gasteiger partial charge in [-0.1, -0.05) is 31.4 Å². The fourth-order valence-electron chi connectivity index (χ4n) is 2.98. The van der Waals surface area contributed by atoms with E-state index in [0.717, 1.165) is 43.0 Å². The Balaban J connectivity index is 1.80. The van der Waals surface area contributed by atoms with Gasteiger partial charge in [0.2, 0.25) is 0 Å². The van der Waals surface area contributed by atoms with Crippen LogP contribution in [0.2, 0.25) is 0 Å². The lowest BCUT2D eigenvalue weighted by atomic mass is 10.0. The molecule has 20 heavy (non-hydrogen) atoms. The van der Waals surface area contributed by atoms with Crippen molar-refractivity contribution >= 4 is 16.8 Å². The van der Waals surface area contributed by atoms with Crippen molar-refractivity contribution in [3.8, 4) is 0 Å². The second-order valence-corrected chi connectivity index (χ2v) is 5.53. The lowest BCUT2D eigenvalue weighted by Crippen LogP contribution is -2.42. The zero-order valence-electron chi connectivity index (χ0n) is 11.4. The molecule has 1 heterocycles. The molecule has 4 nitrogen and oxygen atoms in total. The Morgan fingerprint density at radius 3 is 2.95 bits per heavy atom. The van der Waals surface area contributed by atoms with Crippen LogP contribution in [0.15, 0.2) is 30.5 Å². The molecular formula is C16H20N2O2. The Kier molecular flexibility index (Phi) is 3.74. The number of nitrogens with one attached hydrogen (secondary N) is 2. The van der Waals surface area contributed by atoms with Gasteiger partial charge < -0.3 is 15.4 Å². The van der Waals surface area contributed by atoms with E-state index in [1.165, 1.54) is 0 Å². The first-order valence-corrected chi connectivity index (χ1v) is 7.31. The highest BCUT2D eigenvalue weighted by Crippen LogP contribution is 2.20. The lowest BCUT2D eigenvalue weighted by Gasteiger charge is -2.21. The van der Waals surface area contributed by atoms with Gasteiger partial charge in [0.1, 0.15) is 0 Å². The smallest absolute Gasteiger partial charge is 0.253 e. The molecule has 0 radical (unpaired) electrons. The molecule has 1 aliphatic carbocycles. The quantitative estimate of drug-likeness (QED) is 0.736. The molecule has 1 aliphatic rings. The number of rotatable bonds is 2. The number of H-pyrrole nitrogens is 1. The summed E-state index contributed by atoms with van der Waals surface area (Å²) < 4.78 is 0. The van der Waals surface area contributed by atoms with Crippen molar-refractivity contribution in [2.24, 2.45) is 0 Å². The van der Waals surface area contributed by atoms with E-state index in [9.17, 15) is 9.90 Å². The van der Waals surface area contributed by atoms with Gasteiger partial charge in [-0.2, -0.15) is 0 Å². The summed E-state index contributed by atoms with van der Waals surface area (Å²) in [5, 5.41) is 14.1. The summed E-state index contributed by atoms with van der Waals surface area (Å²) in [5.41, 5.74) is 1.50. The van der Waals surface area contributed by atoms with Crippen molar-refractivity contribution < 1.29 is 9.90 Å². The number of aromatic amines is 1. The molecule has 1 saturated carbocycles. The van der Waals surface area contributed by atoms with Crippen LogP contribution in [-0.2, 0) is 0 Å². The van der Waals surface area contributed by atoms with E-state index in [1.54, 1.807) is 0 Å². The minimum Gasteiger partial charge on any atom is -0.391 e. The first-order valence-electron chi connectivity index (χ1n) is 7.31. The summed E-state index contributed by atoms with van der Waals surface area (Å²) in [7, 11) is 0. The van der Waals surface area contributed by atoms with Gasteiger partial charge in [-0.25, -0.2) is 0 Å². The molecule has 0 bridgehead atoms. The van der Waals surface area contributed by atoms with Crippen LogP contribution in [0.3, 0.4) is 0 Å². The number of para-hydroxylation sites is 1. The maximum atomic E-state index is 12.4. The van der Waals surface area contributed by atoms with E-state index in [-0.39, 0.29) is 11.9 Å². The molecule has 1 amide bonds. The Hall–Kier alpha value is -1.81. The van der Waals surface area contributed by atoms with E-state index < -0.39 is 6.10 Å². The number of aromatic nitrogens is 1. The number of carbonyl (C=O) groups excluding carboxylic acids is 1. The molecule has 0 spiro atoms. The minimum atomic E-state index is -0.427. The molecule has 3 N–H and O–H groups in total. The lowest BCUT2D eigenvalue weighted by molar-refractivity contribution is 0.0820. The molecular weight excluding hydrogens is 252 g/mol. The van der Waals surface area contributed by atoms with Gasteiger partial charge in [0.15, 0.2) is 0 Å². The second kappa shape index (κ2) is 5.67. The minimum absolute atomic E-state index is 0.107. The summed E-state index contributed by atoms with van der Waals surface area (Å²) in [6.07, 6.45) is 6.28. The summed E-state index contributed by atoms with van der Waals surface area (Å²) in [6.45, 7) is 0. The van der Waals surface area contributed by atoms with E-state index >= 15 is 0 Å². The Bertz CT molecular complexity index is 605. The molecule has 2 atom stereocenters. The first kappa shape index (κ1) is 13.2. The molecule has 4 heteroatoms. The molecule has 3 rings (SSSR count). The van der Waals surface area contributed by atoms with E-state index in [2.05, 4.69) is 10.3 Å². The number of hydrogen-bond donors (Lipinski definition) is 3. The molecule has 1 fully saturated rings. The van der Waals surface area contributed by atoms with Crippen molar-refractivity contribution in [3.63, 3.8) is 0 Å². The van der Waals surface area contributed by atoms with Gasteiger partial charge >= 0.3 is 0 Å². The normalized spacial score (nSPS) is 23.4. The van der Waals surface area contributed by atoms with E-state index in [1.807, 2.05) is 30.5 Å². The second-order valence-electron chi connectivity index (χ2n) is 5.53. The topological polar surface area (TPSA) is 65.1 Å². The van der Waals surface area contributed by atoms with Gasteiger partial charge in [-0.05, 0) is 25.0 Å². The highest BCUT2D eigenvalue weighted by atomic mass is 16.3. The van der Waals surface area contributed by atoms with Crippen LogP contribution in [0.4, 0.5) is 0 Å². The monoisotopic (exact) mass is 272 g/mol. The maximum absolute atomic E-state index is 12.4. The summed E-state index contributed by atoms with van der Waals surface area (Å²) in [5.74, 6) is -0.107. The van der Waals surface area contributed by atoms with Gasteiger partial charge in [0.25, 0.3) is 5.91 Å². The third kappa shape index (κ3) is 2.56. The van der Waals surface area contributed by atoms with Crippen molar-refractivity contribution in [2.75, 3.05) is 0 Å². The summed E-state index contributed by atoms with van der Waals surface area (Å²) in [4.78, 5) is 15.5. The van der Waals surface area contributed by atoms with Gasteiger partial charge in [0.05, 0.1) is 23.2 Å². The SMILES string of the molecule is O=C(NC1CCCCCC1O)c1cccc2cc[nH]c12. The van der Waals surface area contributed by atoms with Crippen LogP contribution >= 0.6 is 0 Å². The third-order valence-electron chi connectivity index (χ3n) is 4.13. The number of aliphatic hydroxyl groups is 1. The zero-order chi connectivity index (χ0) is 13.9. The van der Waals surface area contributed by atoms with Crippen molar-refractivity contribution in [2.45, 2.75) is 44.2 Å². The van der Waals surface area contributed by atoms with Crippen LogP contribution in [-0.4, -0.2) is 28.1 Å². The Morgan fingerprint density at radius 1 is 1.20 bits per heavy atom. The number of hydrogen-bond acceptors (Lipinski definition) is 2. The molecule has 1 aromatic carbocycles. The number of aliphatic hydroxyl groups excluding tert-OH is 1. The standard InChI is InChI=1S/C16H20N2O2/c19-14-8-3-1-2-7-13(14)18-16(20)12-6-4-5-11-9-10-17-15(11)12/h4-6,9-10,13-14,17,19H,1-3,7-8H2,(H,18,20). The largest absolute Gasteiger partial charge is 0.391 e. The highest BCUT2D eigenvalue weighted by Gasteiger charge is 2.24. The molecule has 2 aromatic rings. The van der Waals surface area contributed by atoms with Crippen molar-refractivity contribution in [1.29, 1.82) is 0 Å². The highest BCUT2D eigenvalue weighted by molar-refractivity contribution is 6.05. The molecule has 2 unspecified atom stereocenters. The van der Waals surface area contributed by atoms with Crippen LogP contribution in [0.5, 0.6) is 0 Å². The van der Waals surface area contributed by atoms with Crippen molar-refractivity contribution in [1.82, 2.24) is 10.3 Å². The van der Waals surface area contributed by atoms with Gasteiger partial charge in [-0.3, -0.25) is 4.79 Å². The number of amides is 1.